The van der Waals surface area contributed by atoms with Gasteiger partial charge in [-0.2, -0.15) is 0 Å². The van der Waals surface area contributed by atoms with Crippen molar-refractivity contribution in [1.29, 1.82) is 0 Å². The van der Waals surface area contributed by atoms with Crippen LogP contribution in [0.1, 0.15) is 17.2 Å². The lowest BCUT2D eigenvalue weighted by atomic mass is 9.79. The Morgan fingerprint density at radius 3 is 2.83 bits per heavy atom. The van der Waals surface area contributed by atoms with Gasteiger partial charge in [0.25, 0.3) is 0 Å². The van der Waals surface area contributed by atoms with Crippen molar-refractivity contribution in [3.05, 3.63) is 59.7 Å². The summed E-state index contributed by atoms with van der Waals surface area (Å²) in [6.45, 7) is 0. The van der Waals surface area contributed by atoms with Crippen LogP contribution in [0.25, 0.3) is 0 Å². The van der Waals surface area contributed by atoms with Crippen LogP contribution in [0.3, 0.4) is 0 Å². The van der Waals surface area contributed by atoms with Gasteiger partial charge in [-0.3, -0.25) is 0 Å². The van der Waals surface area contributed by atoms with Gasteiger partial charge in [0, 0.05) is 0 Å². The SMILES string of the molecule is COc1cccc([C@H]2OB(O)c3ccccc32)c1. The number of fused-ring (bicyclic) bond motifs is 1. The summed E-state index contributed by atoms with van der Waals surface area (Å²) in [4.78, 5) is 0. The van der Waals surface area contributed by atoms with Crippen LogP contribution in [0, 0.1) is 0 Å². The summed E-state index contributed by atoms with van der Waals surface area (Å²) in [5.74, 6) is 0.787. The second-order valence-corrected chi connectivity index (χ2v) is 4.27. The first-order valence-corrected chi connectivity index (χ1v) is 5.86. The summed E-state index contributed by atoms with van der Waals surface area (Å²) in [7, 11) is 0.787. The van der Waals surface area contributed by atoms with Gasteiger partial charge in [-0.1, -0.05) is 36.4 Å². The molecule has 2 aromatic carbocycles. The third kappa shape index (κ3) is 1.80. The highest BCUT2D eigenvalue weighted by molar-refractivity contribution is 6.61. The fourth-order valence-electron chi connectivity index (χ4n) is 2.31. The summed E-state index contributed by atoms with van der Waals surface area (Å²) in [6.07, 6.45) is -0.230. The molecule has 0 aromatic heterocycles. The molecule has 1 heterocycles. The number of rotatable bonds is 2. The molecule has 1 aliphatic heterocycles. The van der Waals surface area contributed by atoms with Crippen molar-refractivity contribution in [3.8, 4) is 5.75 Å². The van der Waals surface area contributed by atoms with E-state index in [2.05, 4.69) is 0 Å². The minimum atomic E-state index is -0.850. The van der Waals surface area contributed by atoms with Crippen molar-refractivity contribution < 1.29 is 14.4 Å². The zero-order chi connectivity index (χ0) is 12.5. The number of hydrogen-bond acceptors (Lipinski definition) is 3. The van der Waals surface area contributed by atoms with Gasteiger partial charge in [-0.15, -0.1) is 0 Å². The predicted molar refractivity (Wildman–Crippen MR) is 70.0 cm³/mol. The van der Waals surface area contributed by atoms with Crippen LogP contribution in [-0.2, 0) is 4.65 Å². The molecule has 3 nitrogen and oxygen atoms in total. The van der Waals surface area contributed by atoms with Crippen LogP contribution in [0.5, 0.6) is 5.75 Å². The average Bonchev–Trinajstić information content (AvgIpc) is 2.77. The second-order valence-electron chi connectivity index (χ2n) is 4.27. The Bertz CT molecular complexity index is 570. The van der Waals surface area contributed by atoms with Gasteiger partial charge in [0.15, 0.2) is 0 Å². The van der Waals surface area contributed by atoms with E-state index >= 15 is 0 Å². The molecule has 1 N–H and O–H groups in total. The van der Waals surface area contributed by atoms with Crippen LogP contribution in [0.15, 0.2) is 48.5 Å². The van der Waals surface area contributed by atoms with Crippen molar-refractivity contribution in [2.24, 2.45) is 0 Å². The second kappa shape index (κ2) is 4.48. The maximum atomic E-state index is 9.89. The zero-order valence-electron chi connectivity index (χ0n) is 10.0. The lowest BCUT2D eigenvalue weighted by molar-refractivity contribution is 0.226. The van der Waals surface area contributed by atoms with E-state index in [1.54, 1.807) is 7.11 Å². The first-order valence-electron chi connectivity index (χ1n) is 5.86. The molecule has 4 heteroatoms. The van der Waals surface area contributed by atoms with Crippen molar-refractivity contribution in [2.45, 2.75) is 6.10 Å². The molecule has 0 saturated carbocycles. The molecule has 0 unspecified atom stereocenters. The van der Waals surface area contributed by atoms with Crippen LogP contribution < -0.4 is 10.2 Å². The highest BCUT2D eigenvalue weighted by Crippen LogP contribution is 2.31. The van der Waals surface area contributed by atoms with Crippen molar-refractivity contribution in [3.63, 3.8) is 0 Å². The van der Waals surface area contributed by atoms with Crippen molar-refractivity contribution in [2.75, 3.05) is 7.11 Å². The Labute approximate surface area is 106 Å². The molecule has 0 radical (unpaired) electrons. The molecule has 2 aromatic rings. The Balaban J connectivity index is 2.03. The van der Waals surface area contributed by atoms with Crippen molar-refractivity contribution >= 4 is 12.6 Å². The smallest absolute Gasteiger partial charge is 0.492 e. The summed E-state index contributed by atoms with van der Waals surface area (Å²) < 4.78 is 10.8. The fourth-order valence-corrected chi connectivity index (χ4v) is 2.31. The molecule has 0 saturated heterocycles. The largest absolute Gasteiger partial charge is 0.497 e. The Morgan fingerprint density at radius 1 is 1.17 bits per heavy atom. The maximum Gasteiger partial charge on any atom is 0.492 e. The zero-order valence-corrected chi connectivity index (χ0v) is 10.0. The van der Waals surface area contributed by atoms with E-state index < -0.39 is 7.12 Å². The average molecular weight is 240 g/mol. The van der Waals surface area contributed by atoms with Gasteiger partial charge in [0.2, 0.25) is 0 Å². The molecule has 1 aliphatic rings. The topological polar surface area (TPSA) is 38.7 Å². The molecule has 0 aliphatic carbocycles. The summed E-state index contributed by atoms with van der Waals surface area (Å²) >= 11 is 0. The number of methoxy groups -OCH3 is 1. The molecule has 0 spiro atoms. The first kappa shape index (κ1) is 11.3. The number of benzene rings is 2. The number of hydrogen-bond donors (Lipinski definition) is 1. The van der Waals surface area contributed by atoms with Crippen molar-refractivity contribution in [1.82, 2.24) is 0 Å². The third-order valence-electron chi connectivity index (χ3n) is 3.21. The molecule has 3 rings (SSSR count). The molecule has 0 bridgehead atoms. The molecule has 18 heavy (non-hydrogen) atoms. The third-order valence-corrected chi connectivity index (χ3v) is 3.21. The van der Waals surface area contributed by atoms with Crippen LogP contribution in [0.4, 0.5) is 0 Å². The monoisotopic (exact) mass is 240 g/mol. The Hall–Kier alpha value is -1.78. The Kier molecular flexibility index (Phi) is 2.82. The molecule has 1 atom stereocenters. The van der Waals surface area contributed by atoms with E-state index in [0.29, 0.717) is 0 Å². The Morgan fingerprint density at radius 2 is 2.00 bits per heavy atom. The van der Waals surface area contributed by atoms with E-state index in [9.17, 15) is 5.02 Å². The first-order chi connectivity index (χ1) is 8.79. The van der Waals surface area contributed by atoms with Gasteiger partial charge in [0.1, 0.15) is 5.75 Å². The summed E-state index contributed by atoms with van der Waals surface area (Å²) in [5, 5.41) is 9.89. The summed E-state index contributed by atoms with van der Waals surface area (Å²) in [6, 6.07) is 15.4. The lowest BCUT2D eigenvalue weighted by Gasteiger charge is -2.13. The minimum absolute atomic E-state index is 0.230. The van der Waals surface area contributed by atoms with E-state index in [0.717, 1.165) is 22.3 Å². The highest BCUT2D eigenvalue weighted by Gasteiger charge is 2.35. The number of ether oxygens (including phenoxy) is 1. The van der Waals surface area contributed by atoms with Gasteiger partial charge in [-0.25, -0.2) is 0 Å². The quantitative estimate of drug-likeness (QED) is 0.808. The van der Waals surface area contributed by atoms with E-state index in [1.165, 1.54) is 0 Å². The molecule has 0 amide bonds. The summed E-state index contributed by atoms with van der Waals surface area (Å²) in [5.41, 5.74) is 2.84. The predicted octanol–water partition coefficient (Wildman–Crippen LogP) is 1.50. The van der Waals surface area contributed by atoms with Gasteiger partial charge in [-0.05, 0) is 28.7 Å². The minimum Gasteiger partial charge on any atom is -0.497 e. The fraction of sp³-hybridized carbons (Fsp3) is 0.143. The molecular formula is C14H13BO3. The van der Waals surface area contributed by atoms with Crippen LogP contribution in [0.2, 0.25) is 0 Å². The van der Waals surface area contributed by atoms with Gasteiger partial charge >= 0.3 is 7.12 Å². The van der Waals surface area contributed by atoms with Gasteiger partial charge in [0.05, 0.1) is 13.2 Å². The van der Waals surface area contributed by atoms with E-state index in [1.807, 2.05) is 48.5 Å². The standard InChI is InChI=1S/C14H13BO3/c1-17-11-6-4-5-10(9-11)14-12-7-2-3-8-13(12)15(16)18-14/h2-9,14,16H,1H3/t14-/m1/s1. The molecule has 0 fully saturated rings. The van der Waals surface area contributed by atoms with Crippen LogP contribution >= 0.6 is 0 Å². The molecular weight excluding hydrogens is 227 g/mol. The van der Waals surface area contributed by atoms with Gasteiger partial charge < -0.3 is 14.4 Å². The van der Waals surface area contributed by atoms with E-state index in [-0.39, 0.29) is 6.10 Å². The normalized spacial score (nSPS) is 17.7. The maximum absolute atomic E-state index is 9.89. The highest BCUT2D eigenvalue weighted by atomic mass is 16.5. The van der Waals surface area contributed by atoms with E-state index in [4.69, 9.17) is 9.39 Å². The molecule has 90 valence electrons. The van der Waals surface area contributed by atoms with Crippen LogP contribution in [-0.4, -0.2) is 19.3 Å². The lowest BCUT2D eigenvalue weighted by Crippen LogP contribution is -2.27.